The highest BCUT2D eigenvalue weighted by Gasteiger charge is 2.20. The third kappa shape index (κ3) is 12.1. The highest BCUT2D eigenvalue weighted by atomic mass is 32.2. The molecule has 0 atom stereocenters. The van der Waals surface area contributed by atoms with Gasteiger partial charge in [0.05, 0.1) is 37.3 Å². The topological polar surface area (TPSA) is 250 Å². The maximum absolute atomic E-state index is 13.7. The van der Waals surface area contributed by atoms with Crippen molar-refractivity contribution < 1.29 is 14.3 Å². The van der Waals surface area contributed by atoms with Gasteiger partial charge < -0.3 is 26.4 Å². The first kappa shape index (κ1) is 46.5. The number of H-pyrrole nitrogens is 1. The Kier molecular flexibility index (Phi) is 16.0. The molecule has 19 nitrogen and oxygen atoms in total. The average molecular weight is 958 g/mol. The van der Waals surface area contributed by atoms with E-state index < -0.39 is 5.56 Å². The lowest BCUT2D eigenvalue weighted by atomic mass is 10.1. The van der Waals surface area contributed by atoms with E-state index in [4.69, 9.17) is 15.5 Å². The van der Waals surface area contributed by atoms with Crippen LogP contribution in [0.4, 0.5) is 16.6 Å². The van der Waals surface area contributed by atoms with Gasteiger partial charge in [-0.05, 0) is 24.0 Å². The molecule has 0 saturated heterocycles. The van der Waals surface area contributed by atoms with Crippen LogP contribution in [0.25, 0.3) is 38.8 Å². The quantitative estimate of drug-likeness (QED) is 0.0192. The lowest BCUT2D eigenvalue weighted by Crippen LogP contribution is -2.30. The summed E-state index contributed by atoms with van der Waals surface area (Å²) in [4.78, 5) is 57.8. The van der Waals surface area contributed by atoms with Gasteiger partial charge in [-0.15, -0.1) is 26.7 Å². The lowest BCUT2D eigenvalue weighted by Gasteiger charge is -2.09. The number of aromatic amines is 1. The molecule has 8 aromatic rings. The molecule has 5 aromatic heterocycles. The van der Waals surface area contributed by atoms with E-state index in [0.29, 0.717) is 76.9 Å². The van der Waals surface area contributed by atoms with Gasteiger partial charge in [0, 0.05) is 54.9 Å². The van der Waals surface area contributed by atoms with Gasteiger partial charge in [0.1, 0.15) is 4.88 Å². The molecule has 0 radical (unpaired) electrons. The van der Waals surface area contributed by atoms with E-state index >= 15 is 0 Å². The number of fused-ring (bicyclic) bond motifs is 1. The van der Waals surface area contributed by atoms with Crippen molar-refractivity contribution in [3.05, 3.63) is 123 Å². The van der Waals surface area contributed by atoms with Crippen molar-refractivity contribution in [1.29, 1.82) is 0 Å². The summed E-state index contributed by atoms with van der Waals surface area (Å²) in [7, 11) is 0. The zero-order valence-electron chi connectivity index (χ0n) is 36.4. The number of thiazole rings is 2. The Balaban J connectivity index is 0.757. The summed E-state index contributed by atoms with van der Waals surface area (Å²) in [6.45, 7) is 4.74. The van der Waals surface area contributed by atoms with Crippen LogP contribution in [-0.4, -0.2) is 102 Å². The molecule has 0 bridgehead atoms. The molecule has 0 aliphatic heterocycles. The van der Waals surface area contributed by atoms with Crippen LogP contribution in [0.15, 0.2) is 117 Å². The van der Waals surface area contributed by atoms with E-state index in [2.05, 4.69) is 63.5 Å². The molecule has 67 heavy (non-hydrogen) atoms. The number of nitrogens with one attached hydrogen (secondary N) is 4. The van der Waals surface area contributed by atoms with Gasteiger partial charge in [-0.2, -0.15) is 4.68 Å². The minimum atomic E-state index is -0.429. The van der Waals surface area contributed by atoms with E-state index in [1.54, 1.807) is 16.4 Å². The number of carbonyl (C=O) groups excluding carboxylic acids is 2. The molecular weight excluding hydrogens is 911 g/mol. The molecule has 5 heterocycles. The molecule has 8 rings (SSSR count). The summed E-state index contributed by atoms with van der Waals surface area (Å²) in [5, 5.41) is 32.5. The van der Waals surface area contributed by atoms with Gasteiger partial charge in [0.2, 0.25) is 16.2 Å². The number of aryl methyl sites for hydroxylation is 1. The number of anilines is 1. The zero-order chi connectivity index (χ0) is 46.4. The molecule has 2 amide bonds. The number of nitrogens with two attached hydrogens (primary N) is 1. The Morgan fingerprint density at radius 2 is 1.64 bits per heavy atom. The van der Waals surface area contributed by atoms with Gasteiger partial charge in [-0.25, -0.2) is 24.6 Å². The van der Waals surface area contributed by atoms with Crippen molar-refractivity contribution in [3.8, 4) is 27.6 Å². The summed E-state index contributed by atoms with van der Waals surface area (Å²) < 4.78 is 8.75. The number of amides is 2. The molecular formula is C45H47N15O4S3. The lowest BCUT2D eigenvalue weighted by molar-refractivity contribution is -0.121. The minimum Gasteiger partial charge on any atom is -0.378 e. The first-order chi connectivity index (χ1) is 32.9. The number of thioether (sulfide) groups is 1. The minimum absolute atomic E-state index is 0.0797. The number of carbonyl (C=O) groups is 2. The number of hydrogen-bond acceptors (Lipinski definition) is 17. The fourth-order valence-corrected chi connectivity index (χ4v) is 8.75. The second-order valence-corrected chi connectivity index (χ2v) is 17.7. The second kappa shape index (κ2) is 23.0. The number of aromatic nitrogens is 9. The molecule has 0 aliphatic carbocycles. The summed E-state index contributed by atoms with van der Waals surface area (Å²) in [5.41, 5.74) is 11.6. The van der Waals surface area contributed by atoms with Crippen LogP contribution in [0.3, 0.4) is 0 Å². The normalized spacial score (nSPS) is 11.4. The average Bonchev–Trinajstić information content (AvgIpc) is 4.19. The van der Waals surface area contributed by atoms with Crippen LogP contribution in [0, 0.1) is 0 Å². The number of ether oxygens (including phenoxy) is 1. The van der Waals surface area contributed by atoms with Crippen LogP contribution in [0.1, 0.15) is 40.6 Å². The molecule has 0 saturated carbocycles. The molecule has 22 heteroatoms. The molecule has 344 valence electrons. The number of hydrogen-bond donors (Lipinski definition) is 5. The standard InChI is InChI=1S/C45H47N15O4S3/c1-2-25-65-44-52-39(48-20-19-46)38-40(53-44)59(58-55-38)27-30-15-13-29(14-16-30)17-18-35(61)47-21-23-64-24-22-49-41(62)34-26-50-43(67-34)56-54-37-36(32-11-7-4-8-12-32)57-60(42(37)63)45-51-33(28-66-45)31-9-5-3-6-10-31/h3-16,26,28,57H,2,17-25,27,46H2,1H3,(H,47,61)(H,49,62)(H,48,52,53). The Labute approximate surface area is 396 Å². The van der Waals surface area contributed by atoms with Crippen molar-refractivity contribution in [2.45, 2.75) is 37.9 Å². The molecule has 3 aromatic carbocycles. The fourth-order valence-electron chi connectivity index (χ4n) is 6.61. The van der Waals surface area contributed by atoms with Gasteiger partial charge in [-0.3, -0.25) is 19.5 Å². The summed E-state index contributed by atoms with van der Waals surface area (Å²) in [6, 6.07) is 27.1. The summed E-state index contributed by atoms with van der Waals surface area (Å²) in [6.07, 6.45) is 3.32. The summed E-state index contributed by atoms with van der Waals surface area (Å²) in [5.74, 6) is 1.10. The van der Waals surface area contributed by atoms with Crippen molar-refractivity contribution in [2.24, 2.45) is 16.0 Å². The van der Waals surface area contributed by atoms with Crippen molar-refractivity contribution in [1.82, 2.24) is 55.3 Å². The van der Waals surface area contributed by atoms with Crippen LogP contribution in [-0.2, 0) is 22.5 Å². The van der Waals surface area contributed by atoms with Crippen molar-refractivity contribution in [3.63, 3.8) is 0 Å². The number of benzene rings is 3. The van der Waals surface area contributed by atoms with Gasteiger partial charge in [-0.1, -0.05) is 120 Å². The predicted molar refractivity (Wildman–Crippen MR) is 261 cm³/mol. The molecule has 0 fully saturated rings. The van der Waals surface area contributed by atoms with Crippen LogP contribution < -0.4 is 27.2 Å². The largest absolute Gasteiger partial charge is 0.378 e. The maximum atomic E-state index is 13.7. The van der Waals surface area contributed by atoms with Crippen LogP contribution in [0.5, 0.6) is 0 Å². The third-order valence-electron chi connectivity index (χ3n) is 9.95. The van der Waals surface area contributed by atoms with Crippen molar-refractivity contribution >= 4 is 74.1 Å². The number of rotatable bonds is 23. The number of azo groups is 1. The SMILES string of the molecule is CCCSc1nc(NCCN)c2nnn(Cc3ccc(CCC(=O)NCCOCCNC(=O)c4cnc(N=Nc5c(-c6ccccc6)[nH]n(-c6nc(-c7ccccc7)cs6)c5=O)s4)cc3)c2n1. The molecule has 0 aliphatic rings. The highest BCUT2D eigenvalue weighted by Crippen LogP contribution is 2.31. The van der Waals surface area contributed by atoms with Gasteiger partial charge >= 0.3 is 5.56 Å². The Morgan fingerprint density at radius 1 is 0.896 bits per heavy atom. The van der Waals surface area contributed by atoms with Gasteiger partial charge in [0.25, 0.3) is 5.91 Å². The van der Waals surface area contributed by atoms with E-state index in [9.17, 15) is 14.4 Å². The van der Waals surface area contributed by atoms with Gasteiger partial charge in [0.15, 0.2) is 27.8 Å². The van der Waals surface area contributed by atoms with E-state index in [1.165, 1.54) is 22.2 Å². The molecule has 0 unspecified atom stereocenters. The monoisotopic (exact) mass is 957 g/mol. The zero-order valence-corrected chi connectivity index (χ0v) is 38.9. The molecule has 0 spiro atoms. The number of nitrogens with zero attached hydrogens (tertiary/aromatic N) is 10. The first-order valence-corrected chi connectivity index (χ1v) is 24.2. The first-order valence-electron chi connectivity index (χ1n) is 21.5. The Bertz CT molecular complexity index is 2980. The third-order valence-corrected chi connectivity index (χ3v) is 12.7. The predicted octanol–water partition coefficient (Wildman–Crippen LogP) is 6.78. The highest BCUT2D eigenvalue weighted by molar-refractivity contribution is 7.99. The van der Waals surface area contributed by atoms with Crippen LogP contribution >= 0.6 is 34.4 Å². The van der Waals surface area contributed by atoms with E-state index in [-0.39, 0.29) is 42.4 Å². The fraction of sp³-hybridized carbons (Fsp3) is 0.267. The van der Waals surface area contributed by atoms with Crippen LogP contribution in [0.2, 0.25) is 0 Å². The molecule has 6 N–H and O–H groups in total. The Morgan fingerprint density at radius 3 is 2.40 bits per heavy atom. The van der Waals surface area contributed by atoms with Crippen molar-refractivity contribution in [2.75, 3.05) is 50.5 Å². The maximum Gasteiger partial charge on any atom is 0.301 e. The second-order valence-electron chi connectivity index (χ2n) is 14.8. The van der Waals surface area contributed by atoms with E-state index in [1.807, 2.05) is 90.3 Å². The van der Waals surface area contributed by atoms with E-state index in [0.717, 1.165) is 51.5 Å². The Hall–Kier alpha value is -6.98. The summed E-state index contributed by atoms with van der Waals surface area (Å²) >= 11 is 3.96. The smallest absolute Gasteiger partial charge is 0.301 e.